The smallest absolute Gasteiger partial charge is 0.349 e. The van der Waals surface area contributed by atoms with Gasteiger partial charge in [-0.3, -0.25) is 14.9 Å². The fourth-order valence-corrected chi connectivity index (χ4v) is 2.38. The first-order valence-corrected chi connectivity index (χ1v) is 8.90. The van der Waals surface area contributed by atoms with E-state index in [1.54, 1.807) is 37.3 Å². The van der Waals surface area contributed by atoms with Crippen molar-refractivity contribution in [2.45, 2.75) is 13.8 Å². The van der Waals surface area contributed by atoms with Crippen molar-refractivity contribution in [3.63, 3.8) is 0 Å². The fraction of sp³-hybridized carbons (Fsp3) is 0.190. The second-order valence-electron chi connectivity index (χ2n) is 6.05. The molecule has 0 aliphatic heterocycles. The van der Waals surface area contributed by atoms with Crippen LogP contribution in [0.5, 0.6) is 5.75 Å². The van der Waals surface area contributed by atoms with Crippen LogP contribution in [0.1, 0.15) is 18.1 Å². The van der Waals surface area contributed by atoms with Crippen LogP contribution in [-0.4, -0.2) is 30.0 Å². The maximum Gasteiger partial charge on any atom is 0.349 e. The van der Waals surface area contributed by atoms with E-state index in [-0.39, 0.29) is 16.9 Å². The number of rotatable bonds is 8. The molecule has 0 spiro atoms. The van der Waals surface area contributed by atoms with Crippen molar-refractivity contribution in [2.75, 3.05) is 18.5 Å². The Hall–Kier alpha value is -4.19. The predicted octanol–water partition coefficient (Wildman–Crippen LogP) is 3.39. The highest BCUT2D eigenvalue weighted by atomic mass is 16.6. The zero-order valence-electron chi connectivity index (χ0n) is 16.4. The minimum atomic E-state index is -0.961. The molecule has 0 aromatic heterocycles. The lowest BCUT2D eigenvalue weighted by Gasteiger charge is -2.09. The van der Waals surface area contributed by atoms with Crippen molar-refractivity contribution in [3.05, 3.63) is 69.3 Å². The van der Waals surface area contributed by atoms with Crippen molar-refractivity contribution in [1.82, 2.24) is 0 Å². The van der Waals surface area contributed by atoms with E-state index >= 15 is 0 Å². The molecule has 154 valence electrons. The molecule has 0 atom stereocenters. The number of carbonyl (C=O) groups excluding carboxylic acids is 2. The Morgan fingerprint density at radius 2 is 1.93 bits per heavy atom. The first kappa shape index (κ1) is 22.1. The molecule has 30 heavy (non-hydrogen) atoms. The number of esters is 1. The Labute approximate surface area is 172 Å². The molecule has 0 saturated carbocycles. The van der Waals surface area contributed by atoms with Gasteiger partial charge in [-0.1, -0.05) is 18.2 Å². The summed E-state index contributed by atoms with van der Waals surface area (Å²) in [6, 6.07) is 12.5. The third kappa shape index (κ3) is 6.17. The normalized spacial score (nSPS) is 10.6. The number of anilines is 1. The Bertz CT molecular complexity index is 1020. The Morgan fingerprint density at radius 3 is 2.53 bits per heavy atom. The first-order chi connectivity index (χ1) is 14.3. The third-order valence-corrected chi connectivity index (χ3v) is 3.88. The van der Waals surface area contributed by atoms with E-state index in [9.17, 15) is 25.0 Å². The number of aryl methyl sites for hydroxylation is 1. The molecule has 2 aromatic rings. The molecule has 1 N–H and O–H groups in total. The van der Waals surface area contributed by atoms with Crippen LogP contribution in [0.2, 0.25) is 0 Å². The van der Waals surface area contributed by atoms with E-state index in [0.717, 1.165) is 0 Å². The minimum Gasteiger partial charge on any atom is -0.494 e. The number of hydrogen-bond donors (Lipinski definition) is 1. The van der Waals surface area contributed by atoms with Gasteiger partial charge in [0.2, 0.25) is 0 Å². The molecule has 2 aromatic carbocycles. The van der Waals surface area contributed by atoms with E-state index in [1.807, 2.05) is 6.92 Å². The molecule has 0 aliphatic carbocycles. The van der Waals surface area contributed by atoms with Gasteiger partial charge >= 0.3 is 5.97 Å². The number of nitrogens with zero attached hydrogens (tertiary/aromatic N) is 2. The lowest BCUT2D eigenvalue weighted by Crippen LogP contribution is -2.21. The summed E-state index contributed by atoms with van der Waals surface area (Å²) < 4.78 is 10.2. The summed E-state index contributed by atoms with van der Waals surface area (Å²) in [6.07, 6.45) is 1.33. The van der Waals surface area contributed by atoms with Gasteiger partial charge in [0.15, 0.2) is 6.61 Å². The van der Waals surface area contributed by atoms with Gasteiger partial charge in [-0.2, -0.15) is 5.26 Å². The lowest BCUT2D eigenvalue weighted by atomic mass is 10.1. The van der Waals surface area contributed by atoms with Crippen LogP contribution in [0.3, 0.4) is 0 Å². The summed E-state index contributed by atoms with van der Waals surface area (Å²) >= 11 is 0. The number of carbonyl (C=O) groups is 2. The van der Waals surface area contributed by atoms with Crippen molar-refractivity contribution in [1.29, 1.82) is 5.26 Å². The number of amides is 1. The van der Waals surface area contributed by atoms with Crippen LogP contribution in [-0.2, 0) is 14.3 Å². The molecule has 1 amide bonds. The van der Waals surface area contributed by atoms with Gasteiger partial charge in [-0.05, 0) is 43.2 Å². The van der Waals surface area contributed by atoms with Crippen LogP contribution in [0.4, 0.5) is 11.4 Å². The van der Waals surface area contributed by atoms with E-state index in [0.29, 0.717) is 23.5 Å². The van der Waals surface area contributed by atoms with Crippen molar-refractivity contribution < 1.29 is 24.0 Å². The summed E-state index contributed by atoms with van der Waals surface area (Å²) in [5.41, 5.74) is 0.962. The zero-order valence-corrected chi connectivity index (χ0v) is 16.4. The average Bonchev–Trinajstić information content (AvgIpc) is 2.73. The molecule has 2 rings (SSSR count). The molecular weight excluding hydrogens is 390 g/mol. The number of ether oxygens (including phenoxy) is 2. The predicted molar refractivity (Wildman–Crippen MR) is 109 cm³/mol. The summed E-state index contributed by atoms with van der Waals surface area (Å²) in [5.74, 6) is -0.994. The summed E-state index contributed by atoms with van der Waals surface area (Å²) in [5, 5.41) is 22.5. The van der Waals surface area contributed by atoms with Gasteiger partial charge in [0, 0.05) is 12.1 Å². The largest absolute Gasteiger partial charge is 0.494 e. The van der Waals surface area contributed by atoms with Gasteiger partial charge < -0.3 is 14.8 Å². The highest BCUT2D eigenvalue weighted by Gasteiger charge is 2.15. The SMILES string of the molecule is CCOc1ccc(/C=C(\C#N)C(=O)OCC(=O)Nc2cc([N+](=O)[O-])ccc2C)cc1. The second kappa shape index (κ2) is 10.4. The van der Waals surface area contributed by atoms with Crippen LogP contribution in [0, 0.1) is 28.4 Å². The van der Waals surface area contributed by atoms with Crippen LogP contribution in [0.15, 0.2) is 48.0 Å². The highest BCUT2D eigenvalue weighted by molar-refractivity contribution is 6.00. The van der Waals surface area contributed by atoms with E-state index in [2.05, 4.69) is 5.32 Å². The van der Waals surface area contributed by atoms with Crippen molar-refractivity contribution in [3.8, 4) is 11.8 Å². The minimum absolute atomic E-state index is 0.182. The van der Waals surface area contributed by atoms with E-state index < -0.39 is 23.4 Å². The van der Waals surface area contributed by atoms with Crippen LogP contribution in [0.25, 0.3) is 6.08 Å². The molecule has 0 bridgehead atoms. The number of benzene rings is 2. The Morgan fingerprint density at radius 1 is 1.23 bits per heavy atom. The summed E-state index contributed by atoms with van der Waals surface area (Å²) in [4.78, 5) is 34.4. The Kier molecular flexibility index (Phi) is 7.65. The third-order valence-electron chi connectivity index (χ3n) is 3.88. The van der Waals surface area contributed by atoms with E-state index in [1.165, 1.54) is 24.3 Å². The van der Waals surface area contributed by atoms with Gasteiger partial charge in [0.1, 0.15) is 17.4 Å². The number of non-ortho nitro benzene ring substituents is 1. The van der Waals surface area contributed by atoms with Crippen LogP contribution >= 0.6 is 0 Å². The second-order valence-corrected chi connectivity index (χ2v) is 6.05. The summed E-state index contributed by atoms with van der Waals surface area (Å²) in [6.45, 7) is 3.39. The van der Waals surface area contributed by atoms with Gasteiger partial charge in [-0.15, -0.1) is 0 Å². The topological polar surface area (TPSA) is 132 Å². The van der Waals surface area contributed by atoms with Gasteiger partial charge in [0.25, 0.3) is 11.6 Å². The molecular formula is C21H19N3O6. The number of nitro groups is 1. The number of hydrogen-bond acceptors (Lipinski definition) is 7. The molecule has 0 heterocycles. The fourth-order valence-electron chi connectivity index (χ4n) is 2.38. The first-order valence-electron chi connectivity index (χ1n) is 8.90. The quantitative estimate of drug-likeness (QED) is 0.232. The number of nitrogens with one attached hydrogen (secondary N) is 1. The molecule has 0 saturated heterocycles. The van der Waals surface area contributed by atoms with Crippen LogP contribution < -0.4 is 10.1 Å². The lowest BCUT2D eigenvalue weighted by molar-refractivity contribution is -0.384. The molecule has 0 fully saturated rings. The van der Waals surface area contributed by atoms with Crippen molar-refractivity contribution >= 4 is 29.3 Å². The Balaban J connectivity index is 1.99. The average molecular weight is 409 g/mol. The molecule has 0 radical (unpaired) electrons. The van der Waals surface area contributed by atoms with E-state index in [4.69, 9.17) is 9.47 Å². The molecule has 9 nitrogen and oxygen atoms in total. The number of nitriles is 1. The molecule has 0 aliphatic rings. The van der Waals surface area contributed by atoms with Crippen molar-refractivity contribution in [2.24, 2.45) is 0 Å². The summed E-state index contributed by atoms with van der Waals surface area (Å²) in [7, 11) is 0. The standard InChI is InChI=1S/C21H19N3O6/c1-3-29-18-8-5-15(6-9-18)10-16(12-22)21(26)30-13-20(25)23-19-11-17(24(27)28)7-4-14(19)2/h4-11H,3,13H2,1-2H3,(H,23,25)/b16-10+. The molecule has 0 unspecified atom stereocenters. The van der Waals surface area contributed by atoms with Gasteiger partial charge in [0.05, 0.1) is 17.2 Å². The monoisotopic (exact) mass is 409 g/mol. The number of nitro benzene ring substituents is 1. The maximum absolute atomic E-state index is 12.1. The van der Waals surface area contributed by atoms with Gasteiger partial charge in [-0.25, -0.2) is 4.79 Å². The molecule has 9 heteroatoms. The zero-order chi connectivity index (χ0) is 22.1. The highest BCUT2D eigenvalue weighted by Crippen LogP contribution is 2.21. The maximum atomic E-state index is 12.1.